The van der Waals surface area contributed by atoms with Gasteiger partial charge in [-0.15, -0.1) is 0 Å². The zero-order valence-corrected chi connectivity index (χ0v) is 18.9. The van der Waals surface area contributed by atoms with Gasteiger partial charge in [0.15, 0.2) is 0 Å². The molecule has 0 atom stereocenters. The Morgan fingerprint density at radius 3 is 2.42 bits per heavy atom. The highest BCUT2D eigenvalue weighted by atomic mass is 32.2. The Morgan fingerprint density at radius 2 is 1.73 bits per heavy atom. The first-order valence-corrected chi connectivity index (χ1v) is 12.0. The van der Waals surface area contributed by atoms with Gasteiger partial charge in [-0.2, -0.15) is 4.31 Å². The standard InChI is InChI=1S/C24H24FN3O4S/c1-17-4-2-5-18(16-17)22-11-10-21(23(29)26-22)24(30)27-12-3-13-28(15-14-27)33(31,32)20-8-6-19(25)7-9-20/h2,4-11,16H,3,12-15H2,1H3,(H,26,29). The number of carbonyl (C=O) groups excluding carboxylic acids is 1. The van der Waals surface area contributed by atoms with Crippen LogP contribution < -0.4 is 5.56 Å². The molecule has 33 heavy (non-hydrogen) atoms. The lowest BCUT2D eigenvalue weighted by Gasteiger charge is -2.22. The number of hydrogen-bond donors (Lipinski definition) is 1. The average Bonchev–Trinajstić information content (AvgIpc) is 3.06. The molecule has 1 aromatic heterocycles. The number of aryl methyl sites for hydroxylation is 1. The number of H-pyrrole nitrogens is 1. The number of sulfonamides is 1. The number of aromatic nitrogens is 1. The largest absolute Gasteiger partial charge is 0.337 e. The van der Waals surface area contributed by atoms with Crippen LogP contribution in [0.3, 0.4) is 0 Å². The van der Waals surface area contributed by atoms with Crippen molar-refractivity contribution < 1.29 is 17.6 Å². The first-order valence-electron chi connectivity index (χ1n) is 10.6. The van der Waals surface area contributed by atoms with E-state index in [1.165, 1.54) is 27.4 Å². The second-order valence-corrected chi connectivity index (χ2v) is 9.93. The van der Waals surface area contributed by atoms with Crippen LogP contribution in [0.25, 0.3) is 11.3 Å². The molecule has 172 valence electrons. The van der Waals surface area contributed by atoms with Crippen LogP contribution in [-0.2, 0) is 10.0 Å². The van der Waals surface area contributed by atoms with Gasteiger partial charge in [0.2, 0.25) is 10.0 Å². The molecule has 9 heteroatoms. The molecular formula is C24H24FN3O4S. The Morgan fingerprint density at radius 1 is 0.970 bits per heavy atom. The number of benzene rings is 2. The van der Waals surface area contributed by atoms with Crippen molar-refractivity contribution in [1.82, 2.24) is 14.2 Å². The van der Waals surface area contributed by atoms with Crippen LogP contribution in [0.15, 0.2) is 70.4 Å². The molecular weight excluding hydrogens is 445 g/mol. The number of hydrogen-bond acceptors (Lipinski definition) is 4. The maximum Gasteiger partial charge on any atom is 0.261 e. The Labute approximate surface area is 191 Å². The highest BCUT2D eigenvalue weighted by Crippen LogP contribution is 2.20. The number of rotatable bonds is 4. The second kappa shape index (κ2) is 9.29. The lowest BCUT2D eigenvalue weighted by atomic mass is 10.1. The van der Waals surface area contributed by atoms with E-state index in [1.807, 2.05) is 31.2 Å². The van der Waals surface area contributed by atoms with Crippen LogP contribution in [0.1, 0.15) is 22.3 Å². The summed E-state index contributed by atoms with van der Waals surface area (Å²) >= 11 is 0. The summed E-state index contributed by atoms with van der Waals surface area (Å²) in [7, 11) is -3.80. The van der Waals surface area contributed by atoms with Crippen LogP contribution in [0.4, 0.5) is 4.39 Å². The van der Waals surface area contributed by atoms with Crippen LogP contribution in [-0.4, -0.2) is 54.7 Å². The van der Waals surface area contributed by atoms with Crippen molar-refractivity contribution in [3.8, 4) is 11.3 Å². The van der Waals surface area contributed by atoms with Gasteiger partial charge in [0.05, 0.1) is 4.90 Å². The van der Waals surface area contributed by atoms with Gasteiger partial charge in [-0.3, -0.25) is 9.59 Å². The van der Waals surface area contributed by atoms with E-state index in [4.69, 9.17) is 0 Å². The summed E-state index contributed by atoms with van der Waals surface area (Å²) in [5.41, 5.74) is 2.05. The van der Waals surface area contributed by atoms with E-state index in [0.29, 0.717) is 18.7 Å². The van der Waals surface area contributed by atoms with Crippen molar-refractivity contribution in [1.29, 1.82) is 0 Å². The SMILES string of the molecule is Cc1cccc(-c2ccc(C(=O)N3CCCN(S(=O)(=O)c4ccc(F)cc4)CC3)c(=O)[nH]2)c1. The molecule has 4 rings (SSSR count). The van der Waals surface area contributed by atoms with Crippen LogP contribution >= 0.6 is 0 Å². The predicted octanol–water partition coefficient (Wildman–Crippen LogP) is 3.03. The van der Waals surface area contributed by atoms with Gasteiger partial charge in [-0.05, 0) is 61.4 Å². The highest BCUT2D eigenvalue weighted by Gasteiger charge is 2.29. The Kier molecular flexibility index (Phi) is 6.44. The summed E-state index contributed by atoms with van der Waals surface area (Å²) in [4.78, 5) is 30.0. The molecule has 1 amide bonds. The first-order chi connectivity index (χ1) is 15.8. The molecule has 1 aliphatic heterocycles. The molecule has 0 aliphatic carbocycles. The Balaban J connectivity index is 1.50. The minimum Gasteiger partial charge on any atom is -0.337 e. The smallest absolute Gasteiger partial charge is 0.261 e. The molecule has 1 aliphatic rings. The molecule has 0 radical (unpaired) electrons. The third-order valence-electron chi connectivity index (χ3n) is 5.66. The van der Waals surface area contributed by atoms with Crippen molar-refractivity contribution in [2.45, 2.75) is 18.2 Å². The average molecular weight is 470 g/mol. The maximum atomic E-state index is 13.2. The van der Waals surface area contributed by atoms with Crippen molar-refractivity contribution in [3.05, 3.63) is 88.0 Å². The summed E-state index contributed by atoms with van der Waals surface area (Å²) in [6.07, 6.45) is 0.422. The van der Waals surface area contributed by atoms with Gasteiger partial charge in [-0.25, -0.2) is 12.8 Å². The normalized spacial score (nSPS) is 15.3. The van der Waals surface area contributed by atoms with Gasteiger partial charge >= 0.3 is 0 Å². The van der Waals surface area contributed by atoms with Gasteiger partial charge < -0.3 is 9.88 Å². The number of pyridine rings is 1. The van der Waals surface area contributed by atoms with Crippen LogP contribution in [0.5, 0.6) is 0 Å². The number of amides is 1. The molecule has 0 unspecified atom stereocenters. The molecule has 0 saturated carbocycles. The Bertz CT molecular complexity index is 1340. The predicted molar refractivity (Wildman–Crippen MR) is 123 cm³/mol. The molecule has 7 nitrogen and oxygen atoms in total. The van der Waals surface area contributed by atoms with Gasteiger partial charge in [0.25, 0.3) is 11.5 Å². The molecule has 2 heterocycles. The molecule has 2 aromatic carbocycles. The lowest BCUT2D eigenvalue weighted by molar-refractivity contribution is 0.0762. The number of aromatic amines is 1. The van der Waals surface area contributed by atoms with E-state index < -0.39 is 27.3 Å². The van der Waals surface area contributed by atoms with Crippen molar-refractivity contribution in [2.24, 2.45) is 0 Å². The zero-order chi connectivity index (χ0) is 23.6. The fourth-order valence-electron chi connectivity index (χ4n) is 3.89. The quantitative estimate of drug-likeness (QED) is 0.636. The molecule has 3 aromatic rings. The van der Waals surface area contributed by atoms with Crippen LogP contribution in [0.2, 0.25) is 0 Å². The topological polar surface area (TPSA) is 90.6 Å². The molecule has 1 saturated heterocycles. The van der Waals surface area contributed by atoms with E-state index in [9.17, 15) is 22.4 Å². The maximum absolute atomic E-state index is 13.2. The van der Waals surface area contributed by atoms with Gasteiger partial charge in [-0.1, -0.05) is 23.8 Å². The molecule has 1 fully saturated rings. The number of nitrogens with one attached hydrogen (secondary N) is 1. The van der Waals surface area contributed by atoms with E-state index in [1.54, 1.807) is 6.07 Å². The third-order valence-corrected chi connectivity index (χ3v) is 7.58. The number of halogens is 1. The van der Waals surface area contributed by atoms with E-state index in [2.05, 4.69) is 4.98 Å². The summed E-state index contributed by atoms with van der Waals surface area (Å²) in [5.74, 6) is -0.951. The fraction of sp³-hybridized carbons (Fsp3) is 0.250. The summed E-state index contributed by atoms with van der Waals surface area (Å²) in [6, 6.07) is 15.6. The zero-order valence-electron chi connectivity index (χ0n) is 18.1. The van der Waals surface area contributed by atoms with E-state index in [0.717, 1.165) is 23.3 Å². The van der Waals surface area contributed by atoms with Crippen molar-refractivity contribution >= 4 is 15.9 Å². The Hall–Kier alpha value is -3.30. The van der Waals surface area contributed by atoms with E-state index in [-0.39, 0.29) is 30.1 Å². The summed E-state index contributed by atoms with van der Waals surface area (Å²) in [6.45, 7) is 2.75. The molecule has 1 N–H and O–H groups in total. The first kappa shape index (κ1) is 22.9. The van der Waals surface area contributed by atoms with Gasteiger partial charge in [0.1, 0.15) is 11.4 Å². The highest BCUT2D eigenvalue weighted by molar-refractivity contribution is 7.89. The number of carbonyl (C=O) groups is 1. The second-order valence-electron chi connectivity index (χ2n) is 7.99. The number of nitrogens with zero attached hydrogens (tertiary/aromatic N) is 2. The van der Waals surface area contributed by atoms with Gasteiger partial charge in [0, 0.05) is 31.9 Å². The van der Waals surface area contributed by atoms with Crippen molar-refractivity contribution in [3.63, 3.8) is 0 Å². The molecule has 0 bridgehead atoms. The summed E-state index contributed by atoms with van der Waals surface area (Å²) in [5, 5.41) is 0. The minimum absolute atomic E-state index is 0.00635. The van der Waals surface area contributed by atoms with Crippen LogP contribution in [0, 0.1) is 12.7 Å². The fourth-order valence-corrected chi connectivity index (χ4v) is 5.36. The van der Waals surface area contributed by atoms with Crippen molar-refractivity contribution in [2.75, 3.05) is 26.2 Å². The van der Waals surface area contributed by atoms with E-state index >= 15 is 0 Å². The molecule has 0 spiro atoms. The minimum atomic E-state index is -3.80. The lowest BCUT2D eigenvalue weighted by Crippen LogP contribution is -2.39. The third kappa shape index (κ3) is 4.89. The monoisotopic (exact) mass is 469 g/mol. The summed E-state index contributed by atoms with van der Waals surface area (Å²) < 4.78 is 40.3.